The highest BCUT2D eigenvalue weighted by molar-refractivity contribution is 5.21. The van der Waals surface area contributed by atoms with Gasteiger partial charge in [0.05, 0.1) is 6.10 Å². The standard InChI is InChI=1S/C13H24O/c1-4-5-6-7-8-9-13(14-3)12-10-11(12)2/h12-13H,2,4-10H2,1,3H3/t12-,13-/m1/s1. The second-order valence-electron chi connectivity index (χ2n) is 4.45. The maximum absolute atomic E-state index is 5.49. The lowest BCUT2D eigenvalue weighted by atomic mass is 10.0. The van der Waals surface area contributed by atoms with E-state index in [0.29, 0.717) is 12.0 Å². The Hall–Kier alpha value is -0.300. The summed E-state index contributed by atoms with van der Waals surface area (Å²) in [5.74, 6) is 0.686. The Kier molecular flexibility index (Phi) is 5.24. The van der Waals surface area contributed by atoms with Gasteiger partial charge in [-0.05, 0) is 12.8 Å². The van der Waals surface area contributed by atoms with Gasteiger partial charge < -0.3 is 4.74 Å². The summed E-state index contributed by atoms with van der Waals surface area (Å²) in [6.07, 6.45) is 9.68. The Morgan fingerprint density at radius 2 is 2.00 bits per heavy atom. The molecule has 0 aromatic rings. The van der Waals surface area contributed by atoms with E-state index in [9.17, 15) is 0 Å². The fourth-order valence-electron chi connectivity index (χ4n) is 2.05. The molecule has 1 nitrogen and oxygen atoms in total. The predicted molar refractivity (Wildman–Crippen MR) is 61.4 cm³/mol. The summed E-state index contributed by atoms with van der Waals surface area (Å²) in [6.45, 7) is 6.25. The van der Waals surface area contributed by atoms with Crippen molar-refractivity contribution in [2.45, 2.75) is 58.0 Å². The van der Waals surface area contributed by atoms with Crippen LogP contribution in [0.25, 0.3) is 0 Å². The monoisotopic (exact) mass is 196 g/mol. The van der Waals surface area contributed by atoms with Gasteiger partial charge in [-0.15, -0.1) is 0 Å². The molecule has 0 amide bonds. The highest BCUT2D eigenvalue weighted by Crippen LogP contribution is 2.41. The molecule has 1 saturated carbocycles. The third kappa shape index (κ3) is 3.83. The Balaban J connectivity index is 2.00. The summed E-state index contributed by atoms with van der Waals surface area (Å²) in [4.78, 5) is 0. The van der Waals surface area contributed by atoms with Crippen LogP contribution in [0.5, 0.6) is 0 Å². The van der Waals surface area contributed by atoms with Crippen LogP contribution in [-0.2, 0) is 4.74 Å². The molecule has 0 bridgehead atoms. The third-order valence-corrected chi connectivity index (χ3v) is 3.19. The van der Waals surface area contributed by atoms with Crippen LogP contribution < -0.4 is 0 Å². The molecule has 0 aromatic carbocycles. The summed E-state index contributed by atoms with van der Waals surface area (Å²) < 4.78 is 5.49. The molecule has 0 unspecified atom stereocenters. The highest BCUT2D eigenvalue weighted by Gasteiger charge is 2.35. The highest BCUT2D eigenvalue weighted by atomic mass is 16.5. The summed E-state index contributed by atoms with van der Waals surface area (Å²) in [5, 5.41) is 0. The van der Waals surface area contributed by atoms with Crippen molar-refractivity contribution in [1.82, 2.24) is 0 Å². The van der Waals surface area contributed by atoms with E-state index in [0.717, 1.165) is 0 Å². The molecule has 0 heterocycles. The van der Waals surface area contributed by atoms with Crippen molar-refractivity contribution >= 4 is 0 Å². The van der Waals surface area contributed by atoms with Crippen LogP contribution in [0.2, 0.25) is 0 Å². The molecule has 1 rings (SSSR count). The largest absolute Gasteiger partial charge is 0.381 e. The van der Waals surface area contributed by atoms with Crippen molar-refractivity contribution in [2.75, 3.05) is 7.11 Å². The van der Waals surface area contributed by atoms with Crippen molar-refractivity contribution in [3.8, 4) is 0 Å². The maximum Gasteiger partial charge on any atom is 0.0639 e. The Bertz CT molecular complexity index is 174. The van der Waals surface area contributed by atoms with Crippen LogP contribution in [0.4, 0.5) is 0 Å². The van der Waals surface area contributed by atoms with Gasteiger partial charge in [0.15, 0.2) is 0 Å². The lowest BCUT2D eigenvalue weighted by Crippen LogP contribution is -2.12. The molecule has 0 radical (unpaired) electrons. The maximum atomic E-state index is 5.49. The molecule has 0 saturated heterocycles. The first-order valence-corrected chi connectivity index (χ1v) is 6.00. The van der Waals surface area contributed by atoms with Crippen molar-refractivity contribution in [2.24, 2.45) is 5.92 Å². The fraction of sp³-hybridized carbons (Fsp3) is 0.846. The zero-order valence-electron chi connectivity index (χ0n) is 9.72. The average molecular weight is 196 g/mol. The summed E-state index contributed by atoms with van der Waals surface area (Å²) >= 11 is 0. The summed E-state index contributed by atoms with van der Waals surface area (Å²) in [6, 6.07) is 0. The topological polar surface area (TPSA) is 9.23 Å². The zero-order valence-corrected chi connectivity index (χ0v) is 9.72. The lowest BCUT2D eigenvalue weighted by Gasteiger charge is -2.13. The van der Waals surface area contributed by atoms with Gasteiger partial charge in [-0.3, -0.25) is 0 Å². The van der Waals surface area contributed by atoms with E-state index in [-0.39, 0.29) is 0 Å². The van der Waals surface area contributed by atoms with E-state index in [1.165, 1.54) is 50.5 Å². The molecule has 0 N–H and O–H groups in total. The van der Waals surface area contributed by atoms with Gasteiger partial charge in [-0.1, -0.05) is 51.2 Å². The van der Waals surface area contributed by atoms with Gasteiger partial charge >= 0.3 is 0 Å². The molecular formula is C13H24O. The van der Waals surface area contributed by atoms with Crippen molar-refractivity contribution in [1.29, 1.82) is 0 Å². The molecule has 1 heteroatoms. The number of ether oxygens (including phenoxy) is 1. The van der Waals surface area contributed by atoms with Crippen LogP contribution >= 0.6 is 0 Å². The van der Waals surface area contributed by atoms with Crippen LogP contribution in [0.15, 0.2) is 12.2 Å². The minimum Gasteiger partial charge on any atom is -0.381 e. The predicted octanol–water partition coefficient (Wildman–Crippen LogP) is 3.94. The number of hydrogen-bond acceptors (Lipinski definition) is 1. The molecule has 2 atom stereocenters. The Labute approximate surface area is 88.5 Å². The first-order valence-electron chi connectivity index (χ1n) is 6.00. The van der Waals surface area contributed by atoms with Crippen LogP contribution in [0.1, 0.15) is 51.9 Å². The van der Waals surface area contributed by atoms with E-state index in [2.05, 4.69) is 13.5 Å². The molecule has 1 fully saturated rings. The smallest absolute Gasteiger partial charge is 0.0639 e. The van der Waals surface area contributed by atoms with Gasteiger partial charge in [0.2, 0.25) is 0 Å². The third-order valence-electron chi connectivity index (χ3n) is 3.19. The molecule has 1 aliphatic carbocycles. The normalized spacial score (nSPS) is 22.4. The zero-order chi connectivity index (χ0) is 10.4. The minimum atomic E-state index is 0.462. The number of methoxy groups -OCH3 is 1. The molecule has 0 aliphatic heterocycles. The van der Waals surface area contributed by atoms with Crippen LogP contribution in [0, 0.1) is 5.92 Å². The van der Waals surface area contributed by atoms with Gasteiger partial charge in [0.1, 0.15) is 0 Å². The second kappa shape index (κ2) is 6.23. The van der Waals surface area contributed by atoms with Gasteiger partial charge in [-0.25, -0.2) is 0 Å². The number of rotatable bonds is 8. The molecule has 0 spiro atoms. The van der Waals surface area contributed by atoms with E-state index in [1.54, 1.807) is 0 Å². The second-order valence-corrected chi connectivity index (χ2v) is 4.45. The van der Waals surface area contributed by atoms with E-state index in [4.69, 9.17) is 4.74 Å². The average Bonchev–Trinajstić information content (AvgIpc) is 2.89. The van der Waals surface area contributed by atoms with E-state index >= 15 is 0 Å². The number of unbranched alkanes of at least 4 members (excludes halogenated alkanes) is 4. The first kappa shape index (κ1) is 11.8. The quantitative estimate of drug-likeness (QED) is 0.422. The van der Waals surface area contributed by atoms with Gasteiger partial charge in [0.25, 0.3) is 0 Å². The summed E-state index contributed by atoms with van der Waals surface area (Å²) in [5.41, 5.74) is 1.39. The molecular weight excluding hydrogens is 172 g/mol. The van der Waals surface area contributed by atoms with Crippen molar-refractivity contribution in [3.05, 3.63) is 12.2 Å². The fourth-order valence-corrected chi connectivity index (χ4v) is 2.05. The molecule has 1 aliphatic rings. The first-order chi connectivity index (χ1) is 6.79. The Morgan fingerprint density at radius 3 is 2.50 bits per heavy atom. The Morgan fingerprint density at radius 1 is 1.36 bits per heavy atom. The molecule has 82 valence electrons. The van der Waals surface area contributed by atoms with E-state index < -0.39 is 0 Å². The van der Waals surface area contributed by atoms with E-state index in [1.807, 2.05) is 7.11 Å². The summed E-state index contributed by atoms with van der Waals surface area (Å²) in [7, 11) is 1.84. The SMILES string of the molecule is C=C1C[C@H]1[C@@H](CCCCCCC)OC. The lowest BCUT2D eigenvalue weighted by molar-refractivity contribution is 0.0784. The van der Waals surface area contributed by atoms with Crippen LogP contribution in [-0.4, -0.2) is 13.2 Å². The van der Waals surface area contributed by atoms with Gasteiger partial charge in [0, 0.05) is 13.0 Å². The minimum absolute atomic E-state index is 0.462. The van der Waals surface area contributed by atoms with Crippen molar-refractivity contribution < 1.29 is 4.74 Å². The van der Waals surface area contributed by atoms with Crippen LogP contribution in [0.3, 0.4) is 0 Å². The van der Waals surface area contributed by atoms with Gasteiger partial charge in [-0.2, -0.15) is 0 Å². The molecule has 0 aromatic heterocycles. The van der Waals surface area contributed by atoms with Crippen molar-refractivity contribution in [3.63, 3.8) is 0 Å². The molecule has 14 heavy (non-hydrogen) atoms. The number of hydrogen-bond donors (Lipinski definition) is 0.